The molecule has 0 atom stereocenters. The number of carbonyl (C=O) groups is 1. The molecule has 0 aliphatic carbocycles. The highest BCUT2D eigenvalue weighted by Crippen LogP contribution is 2.27. The van der Waals surface area contributed by atoms with Gasteiger partial charge in [-0.2, -0.15) is 5.10 Å². The maximum Gasteiger partial charge on any atom is 0.277 e. The van der Waals surface area contributed by atoms with Crippen LogP contribution in [0.25, 0.3) is 6.08 Å². The Kier molecular flexibility index (Phi) is 7.45. The van der Waals surface area contributed by atoms with Crippen LogP contribution in [0.2, 0.25) is 0 Å². The van der Waals surface area contributed by atoms with Gasteiger partial charge < -0.3 is 4.74 Å². The molecule has 28 heavy (non-hydrogen) atoms. The van der Waals surface area contributed by atoms with E-state index in [1.807, 2.05) is 25.1 Å². The van der Waals surface area contributed by atoms with Gasteiger partial charge >= 0.3 is 0 Å². The number of hydrogen-bond acceptors (Lipinski definition) is 5. The number of nitrogens with zero attached hydrogens (tertiary/aromatic N) is 2. The Morgan fingerprint density at radius 1 is 1.29 bits per heavy atom. The lowest BCUT2D eigenvalue weighted by molar-refractivity contribution is -0.385. The molecule has 146 valence electrons. The number of aryl methyl sites for hydroxylation is 1. The lowest BCUT2D eigenvalue weighted by Gasteiger charge is -2.14. The van der Waals surface area contributed by atoms with Crippen molar-refractivity contribution < 1.29 is 14.5 Å². The summed E-state index contributed by atoms with van der Waals surface area (Å²) in [7, 11) is 0. The van der Waals surface area contributed by atoms with Crippen molar-refractivity contribution in [2.75, 3.05) is 6.61 Å². The Bertz CT molecular complexity index is 904. The molecule has 0 aliphatic rings. The van der Waals surface area contributed by atoms with Crippen LogP contribution in [0.15, 0.2) is 53.6 Å². The van der Waals surface area contributed by atoms with E-state index in [9.17, 15) is 14.9 Å². The summed E-state index contributed by atoms with van der Waals surface area (Å²) < 4.78 is 5.63. The van der Waals surface area contributed by atoms with Crippen molar-refractivity contribution in [3.8, 4) is 5.75 Å². The van der Waals surface area contributed by atoms with Gasteiger partial charge in [0.15, 0.2) is 6.61 Å². The number of nitrogens with one attached hydrogen (secondary N) is 1. The van der Waals surface area contributed by atoms with E-state index in [4.69, 9.17) is 4.74 Å². The van der Waals surface area contributed by atoms with Gasteiger partial charge in [-0.3, -0.25) is 14.9 Å². The van der Waals surface area contributed by atoms with Gasteiger partial charge in [-0.1, -0.05) is 38.1 Å². The van der Waals surface area contributed by atoms with E-state index < -0.39 is 10.8 Å². The zero-order valence-electron chi connectivity index (χ0n) is 16.1. The van der Waals surface area contributed by atoms with Crippen LogP contribution >= 0.6 is 0 Å². The van der Waals surface area contributed by atoms with Crippen molar-refractivity contribution in [1.29, 1.82) is 0 Å². The van der Waals surface area contributed by atoms with Gasteiger partial charge in [-0.25, -0.2) is 5.43 Å². The standard InChI is InChI=1S/C21H23N3O4/c1-15(2)18-11-10-16(3)13-20(18)28-14-21(25)23-22-12-6-8-17-7-4-5-9-19(17)24(26)27/h4-13,15H,14H2,1-3H3,(H,23,25)/b8-6+,22-12-. The first-order chi connectivity index (χ1) is 13.4. The van der Waals surface area contributed by atoms with Crippen molar-refractivity contribution in [2.24, 2.45) is 5.10 Å². The second kappa shape index (κ2) is 10.0. The smallest absolute Gasteiger partial charge is 0.277 e. The predicted molar refractivity (Wildman–Crippen MR) is 110 cm³/mol. The van der Waals surface area contributed by atoms with Crippen LogP contribution in [-0.2, 0) is 4.79 Å². The molecule has 7 nitrogen and oxygen atoms in total. The Labute approximate surface area is 163 Å². The van der Waals surface area contributed by atoms with Crippen molar-refractivity contribution in [3.05, 3.63) is 75.3 Å². The summed E-state index contributed by atoms with van der Waals surface area (Å²) >= 11 is 0. The summed E-state index contributed by atoms with van der Waals surface area (Å²) in [5, 5.41) is 14.7. The van der Waals surface area contributed by atoms with Gasteiger partial charge in [0, 0.05) is 12.3 Å². The summed E-state index contributed by atoms with van der Waals surface area (Å²) in [4.78, 5) is 22.4. The van der Waals surface area contributed by atoms with E-state index in [2.05, 4.69) is 24.4 Å². The highest BCUT2D eigenvalue weighted by atomic mass is 16.6. The van der Waals surface area contributed by atoms with Gasteiger partial charge in [0.2, 0.25) is 0 Å². The molecular weight excluding hydrogens is 358 g/mol. The fourth-order valence-corrected chi connectivity index (χ4v) is 2.51. The number of ether oxygens (including phenoxy) is 1. The van der Waals surface area contributed by atoms with Crippen LogP contribution < -0.4 is 10.2 Å². The summed E-state index contributed by atoms with van der Waals surface area (Å²) in [5.41, 5.74) is 4.91. The number of rotatable bonds is 8. The van der Waals surface area contributed by atoms with Gasteiger partial charge in [0.05, 0.1) is 10.5 Å². The molecule has 0 bridgehead atoms. The number of carbonyl (C=O) groups excluding carboxylic acids is 1. The minimum absolute atomic E-state index is 0.00342. The molecule has 0 radical (unpaired) electrons. The Morgan fingerprint density at radius 2 is 2.04 bits per heavy atom. The highest BCUT2D eigenvalue weighted by molar-refractivity contribution is 5.82. The van der Waals surface area contributed by atoms with E-state index in [0.717, 1.165) is 11.1 Å². The molecule has 1 amide bonds. The molecule has 0 spiro atoms. The molecule has 1 N–H and O–H groups in total. The van der Waals surface area contributed by atoms with E-state index in [1.54, 1.807) is 24.3 Å². The van der Waals surface area contributed by atoms with Gasteiger partial charge in [-0.15, -0.1) is 0 Å². The van der Waals surface area contributed by atoms with Crippen LogP contribution in [-0.4, -0.2) is 23.7 Å². The Balaban J connectivity index is 1.88. The topological polar surface area (TPSA) is 93.8 Å². The molecular formula is C21H23N3O4. The zero-order chi connectivity index (χ0) is 20.5. The SMILES string of the molecule is Cc1ccc(C(C)C)c(OCC(=O)N/N=C\C=C\c2ccccc2[N+](=O)[O-])c1. The normalized spacial score (nSPS) is 11.3. The number of amides is 1. The third-order valence-electron chi connectivity index (χ3n) is 3.91. The lowest BCUT2D eigenvalue weighted by atomic mass is 10.0. The zero-order valence-corrected chi connectivity index (χ0v) is 16.1. The summed E-state index contributed by atoms with van der Waals surface area (Å²) in [5.74, 6) is 0.570. The van der Waals surface area contributed by atoms with Crippen LogP contribution in [0.4, 0.5) is 5.69 Å². The average molecular weight is 381 g/mol. The maximum absolute atomic E-state index is 11.9. The number of hydrazone groups is 1. The van der Waals surface area contributed by atoms with E-state index in [1.165, 1.54) is 18.4 Å². The number of allylic oxidation sites excluding steroid dienone is 1. The first kappa shape index (κ1) is 20.8. The van der Waals surface area contributed by atoms with Crippen LogP contribution in [0.5, 0.6) is 5.75 Å². The van der Waals surface area contributed by atoms with Gasteiger partial charge in [-0.05, 0) is 48.3 Å². The second-order valence-electron chi connectivity index (χ2n) is 6.47. The van der Waals surface area contributed by atoms with E-state index >= 15 is 0 Å². The molecule has 0 unspecified atom stereocenters. The van der Waals surface area contributed by atoms with Crippen LogP contribution in [0.1, 0.15) is 36.5 Å². The minimum atomic E-state index is -0.452. The number of hydrogen-bond donors (Lipinski definition) is 1. The van der Waals surface area contributed by atoms with Gasteiger partial charge in [0.25, 0.3) is 11.6 Å². The van der Waals surface area contributed by atoms with E-state index in [0.29, 0.717) is 11.3 Å². The molecule has 0 aromatic heterocycles. The molecule has 2 aromatic rings. The molecule has 0 saturated heterocycles. The highest BCUT2D eigenvalue weighted by Gasteiger charge is 2.10. The molecule has 0 heterocycles. The Hall–Kier alpha value is -3.48. The predicted octanol–water partition coefficient (Wildman–Crippen LogP) is 4.22. The first-order valence-electron chi connectivity index (χ1n) is 8.84. The van der Waals surface area contributed by atoms with Crippen LogP contribution in [0, 0.1) is 17.0 Å². The third kappa shape index (κ3) is 6.05. The number of nitro groups is 1. The van der Waals surface area contributed by atoms with Crippen molar-refractivity contribution in [2.45, 2.75) is 26.7 Å². The van der Waals surface area contributed by atoms with Crippen molar-refractivity contribution >= 4 is 23.9 Å². The molecule has 0 aliphatic heterocycles. The van der Waals surface area contributed by atoms with E-state index in [-0.39, 0.29) is 18.2 Å². The number of benzene rings is 2. The second-order valence-corrected chi connectivity index (χ2v) is 6.47. The summed E-state index contributed by atoms with van der Waals surface area (Å²) in [6, 6.07) is 12.3. The molecule has 2 rings (SSSR count). The summed E-state index contributed by atoms with van der Waals surface area (Å²) in [6.07, 6.45) is 4.41. The maximum atomic E-state index is 11.9. The largest absolute Gasteiger partial charge is 0.483 e. The van der Waals surface area contributed by atoms with Gasteiger partial charge in [0.1, 0.15) is 5.75 Å². The van der Waals surface area contributed by atoms with Crippen molar-refractivity contribution in [1.82, 2.24) is 5.43 Å². The number of nitro benzene ring substituents is 1. The lowest BCUT2D eigenvalue weighted by Crippen LogP contribution is -2.24. The minimum Gasteiger partial charge on any atom is -0.483 e. The van der Waals surface area contributed by atoms with Crippen LogP contribution in [0.3, 0.4) is 0 Å². The third-order valence-corrected chi connectivity index (χ3v) is 3.91. The molecule has 7 heteroatoms. The fourth-order valence-electron chi connectivity index (χ4n) is 2.51. The Morgan fingerprint density at radius 3 is 2.75 bits per heavy atom. The first-order valence-corrected chi connectivity index (χ1v) is 8.84. The number of para-hydroxylation sites is 1. The van der Waals surface area contributed by atoms with Crippen molar-refractivity contribution in [3.63, 3.8) is 0 Å². The fraction of sp³-hybridized carbons (Fsp3) is 0.238. The summed E-state index contributed by atoms with van der Waals surface area (Å²) in [6.45, 7) is 5.93. The molecule has 0 fully saturated rings. The quantitative estimate of drug-likeness (QED) is 0.421. The molecule has 2 aromatic carbocycles. The average Bonchev–Trinajstić information content (AvgIpc) is 2.66. The molecule has 0 saturated carbocycles. The monoisotopic (exact) mass is 381 g/mol.